The fourth-order valence-electron chi connectivity index (χ4n) is 1.44. The Bertz CT molecular complexity index is 307. The van der Waals surface area contributed by atoms with Gasteiger partial charge in [-0.1, -0.05) is 13.0 Å². The lowest BCUT2D eigenvalue weighted by Crippen LogP contribution is -2.46. The third-order valence-electron chi connectivity index (χ3n) is 2.89. The summed E-state index contributed by atoms with van der Waals surface area (Å²) in [7, 11) is 0. The van der Waals surface area contributed by atoms with Crippen molar-refractivity contribution in [2.24, 2.45) is 5.92 Å². The lowest BCUT2D eigenvalue weighted by molar-refractivity contribution is -0.138. The summed E-state index contributed by atoms with van der Waals surface area (Å²) in [6, 6.07) is 0. The summed E-state index contributed by atoms with van der Waals surface area (Å²) in [6.45, 7) is 3.62. The summed E-state index contributed by atoms with van der Waals surface area (Å²) < 4.78 is 0. The molecule has 1 atom stereocenters. The molecule has 0 aliphatic heterocycles. The first kappa shape index (κ1) is 12.7. The van der Waals surface area contributed by atoms with E-state index < -0.39 is 11.5 Å². The summed E-state index contributed by atoms with van der Waals surface area (Å²) in [5.74, 6) is -0.536. The summed E-state index contributed by atoms with van der Waals surface area (Å²) in [5.41, 5.74) is -0.656. The molecule has 2 N–H and O–H groups in total. The van der Waals surface area contributed by atoms with Gasteiger partial charge in [-0.05, 0) is 38.2 Å². The van der Waals surface area contributed by atoms with Gasteiger partial charge >= 0.3 is 5.97 Å². The van der Waals surface area contributed by atoms with Crippen LogP contribution >= 0.6 is 0 Å². The Morgan fingerprint density at radius 1 is 1.50 bits per heavy atom. The van der Waals surface area contributed by atoms with Crippen LogP contribution in [0.2, 0.25) is 0 Å². The zero-order valence-corrected chi connectivity index (χ0v) is 9.82. The van der Waals surface area contributed by atoms with E-state index in [0.717, 1.165) is 12.8 Å². The second kappa shape index (κ2) is 5.14. The molecule has 0 aromatic rings. The second-order valence-electron chi connectivity index (χ2n) is 4.67. The molecule has 1 aliphatic carbocycles. The van der Waals surface area contributed by atoms with E-state index in [0.29, 0.717) is 12.3 Å². The Hall–Kier alpha value is -1.32. The average Bonchev–Trinajstić information content (AvgIpc) is 2.96. The lowest BCUT2D eigenvalue weighted by Gasteiger charge is -2.27. The lowest BCUT2D eigenvalue weighted by atomic mass is 9.94. The topological polar surface area (TPSA) is 66.4 Å². The smallest absolute Gasteiger partial charge is 0.305 e. The average molecular weight is 225 g/mol. The molecule has 1 saturated carbocycles. The number of rotatable bonds is 6. The van der Waals surface area contributed by atoms with Gasteiger partial charge in [0.1, 0.15) is 0 Å². The fraction of sp³-hybridized carbons (Fsp3) is 0.667. The van der Waals surface area contributed by atoms with Crippen molar-refractivity contribution in [3.05, 3.63) is 12.2 Å². The molecular formula is C12H19NO3. The van der Waals surface area contributed by atoms with E-state index in [1.54, 1.807) is 6.92 Å². The largest absolute Gasteiger partial charge is 0.481 e. The Labute approximate surface area is 95.7 Å². The standard InChI is InChI=1S/C12H19NO3/c1-3-12(2,8-11(15)16)13-10(14)7-6-9-4-5-9/h6-7,9H,3-5,8H2,1-2H3,(H,13,14)(H,15,16)/b7-6+. The number of nitrogens with one attached hydrogen (secondary N) is 1. The van der Waals surface area contributed by atoms with Gasteiger partial charge in [-0.3, -0.25) is 9.59 Å². The maximum Gasteiger partial charge on any atom is 0.305 e. The maximum absolute atomic E-state index is 11.5. The molecule has 0 spiro atoms. The van der Waals surface area contributed by atoms with Gasteiger partial charge in [0, 0.05) is 5.54 Å². The van der Waals surface area contributed by atoms with Gasteiger partial charge in [0.05, 0.1) is 6.42 Å². The van der Waals surface area contributed by atoms with Crippen LogP contribution in [0.15, 0.2) is 12.2 Å². The van der Waals surface area contributed by atoms with Gasteiger partial charge in [-0.25, -0.2) is 0 Å². The van der Waals surface area contributed by atoms with Crippen molar-refractivity contribution < 1.29 is 14.7 Å². The van der Waals surface area contributed by atoms with Crippen molar-refractivity contribution in [1.29, 1.82) is 0 Å². The van der Waals surface area contributed by atoms with E-state index in [1.165, 1.54) is 6.08 Å². The first-order valence-electron chi connectivity index (χ1n) is 5.67. The van der Waals surface area contributed by atoms with Crippen molar-refractivity contribution in [3.8, 4) is 0 Å². The molecule has 0 saturated heterocycles. The van der Waals surface area contributed by atoms with Crippen molar-refractivity contribution in [2.75, 3.05) is 0 Å². The molecule has 1 rings (SSSR count). The molecule has 0 radical (unpaired) electrons. The number of carbonyl (C=O) groups is 2. The fourth-order valence-corrected chi connectivity index (χ4v) is 1.44. The molecule has 1 fully saturated rings. The highest BCUT2D eigenvalue weighted by atomic mass is 16.4. The highest BCUT2D eigenvalue weighted by molar-refractivity contribution is 5.88. The van der Waals surface area contributed by atoms with E-state index >= 15 is 0 Å². The number of allylic oxidation sites excluding steroid dienone is 1. The molecule has 4 nitrogen and oxygen atoms in total. The molecule has 1 aliphatic rings. The number of hydrogen-bond acceptors (Lipinski definition) is 2. The van der Waals surface area contributed by atoms with Crippen molar-refractivity contribution in [3.63, 3.8) is 0 Å². The SMILES string of the molecule is CCC(C)(CC(=O)O)NC(=O)/C=C/C1CC1. The second-order valence-corrected chi connectivity index (χ2v) is 4.67. The number of carboxylic acid groups (broad SMARTS) is 1. The Morgan fingerprint density at radius 3 is 2.56 bits per heavy atom. The molecule has 1 unspecified atom stereocenters. The van der Waals surface area contributed by atoms with Gasteiger partial charge in [0.25, 0.3) is 0 Å². The molecule has 4 heteroatoms. The predicted molar refractivity (Wildman–Crippen MR) is 61.0 cm³/mol. The molecule has 0 aromatic heterocycles. The molecule has 90 valence electrons. The summed E-state index contributed by atoms with van der Waals surface area (Å²) in [4.78, 5) is 22.2. The number of aliphatic carboxylic acids is 1. The number of amides is 1. The van der Waals surface area contributed by atoms with Gasteiger partial charge in [-0.2, -0.15) is 0 Å². The van der Waals surface area contributed by atoms with Crippen LogP contribution in [0.1, 0.15) is 39.5 Å². The minimum atomic E-state index is -0.893. The van der Waals surface area contributed by atoms with Crippen LogP contribution in [-0.4, -0.2) is 22.5 Å². The highest BCUT2D eigenvalue weighted by Gasteiger charge is 2.27. The van der Waals surface area contributed by atoms with Crippen molar-refractivity contribution in [2.45, 2.75) is 45.1 Å². The predicted octanol–water partition coefficient (Wildman–Crippen LogP) is 1.71. The van der Waals surface area contributed by atoms with Crippen molar-refractivity contribution in [1.82, 2.24) is 5.32 Å². The maximum atomic E-state index is 11.5. The van der Waals surface area contributed by atoms with E-state index in [1.807, 2.05) is 13.0 Å². The van der Waals surface area contributed by atoms with Crippen LogP contribution in [0.25, 0.3) is 0 Å². The van der Waals surface area contributed by atoms with E-state index in [-0.39, 0.29) is 12.3 Å². The summed E-state index contributed by atoms with van der Waals surface area (Å²) in [6.07, 6.45) is 6.28. The van der Waals surface area contributed by atoms with Crippen LogP contribution in [-0.2, 0) is 9.59 Å². The van der Waals surface area contributed by atoms with Crippen LogP contribution in [0, 0.1) is 5.92 Å². The quantitative estimate of drug-likeness (QED) is 0.676. The molecule has 1 amide bonds. The number of carbonyl (C=O) groups excluding carboxylic acids is 1. The van der Waals surface area contributed by atoms with Crippen LogP contribution < -0.4 is 5.32 Å². The van der Waals surface area contributed by atoms with Crippen molar-refractivity contribution >= 4 is 11.9 Å². The number of hydrogen-bond donors (Lipinski definition) is 2. The minimum absolute atomic E-state index is 0.0491. The van der Waals surface area contributed by atoms with E-state index in [4.69, 9.17) is 5.11 Å². The summed E-state index contributed by atoms with van der Waals surface area (Å²) >= 11 is 0. The van der Waals surface area contributed by atoms with Gasteiger partial charge in [0.2, 0.25) is 5.91 Å². The summed E-state index contributed by atoms with van der Waals surface area (Å²) in [5, 5.41) is 11.5. The molecular weight excluding hydrogens is 206 g/mol. The van der Waals surface area contributed by atoms with Crippen LogP contribution in [0.4, 0.5) is 0 Å². The molecule has 16 heavy (non-hydrogen) atoms. The molecule has 0 aromatic carbocycles. The third-order valence-corrected chi connectivity index (χ3v) is 2.89. The first-order chi connectivity index (χ1) is 7.45. The van der Waals surface area contributed by atoms with Crippen LogP contribution in [0.3, 0.4) is 0 Å². The normalized spacial score (nSPS) is 19.4. The zero-order chi connectivity index (χ0) is 12.2. The van der Waals surface area contributed by atoms with E-state index in [9.17, 15) is 9.59 Å². The monoisotopic (exact) mass is 225 g/mol. The Morgan fingerprint density at radius 2 is 2.12 bits per heavy atom. The van der Waals surface area contributed by atoms with Gasteiger partial charge < -0.3 is 10.4 Å². The zero-order valence-electron chi connectivity index (χ0n) is 9.82. The Balaban J connectivity index is 2.46. The first-order valence-corrected chi connectivity index (χ1v) is 5.67. The molecule has 0 bridgehead atoms. The Kier molecular flexibility index (Phi) is 4.10. The highest BCUT2D eigenvalue weighted by Crippen LogP contribution is 2.29. The van der Waals surface area contributed by atoms with Gasteiger partial charge in [0.15, 0.2) is 0 Å². The number of carboxylic acids is 1. The third kappa shape index (κ3) is 4.47. The molecule has 0 heterocycles. The minimum Gasteiger partial charge on any atom is -0.481 e. The van der Waals surface area contributed by atoms with E-state index in [2.05, 4.69) is 5.32 Å². The van der Waals surface area contributed by atoms with Crippen LogP contribution in [0.5, 0.6) is 0 Å². The van der Waals surface area contributed by atoms with Gasteiger partial charge in [-0.15, -0.1) is 0 Å².